The van der Waals surface area contributed by atoms with Crippen molar-refractivity contribution >= 4 is 0 Å². The first-order valence-electron chi connectivity index (χ1n) is 5.55. The van der Waals surface area contributed by atoms with Crippen LogP contribution in [0.2, 0.25) is 0 Å². The first-order chi connectivity index (χ1) is 7.54. The van der Waals surface area contributed by atoms with Gasteiger partial charge in [0.1, 0.15) is 17.4 Å². The van der Waals surface area contributed by atoms with Crippen LogP contribution in [0, 0.1) is 31.1 Å². The van der Waals surface area contributed by atoms with Gasteiger partial charge in [-0.15, -0.1) is 0 Å². The maximum absolute atomic E-state index is 9.03. The van der Waals surface area contributed by atoms with Gasteiger partial charge in [-0.3, -0.25) is 4.98 Å². The highest BCUT2D eigenvalue weighted by Gasteiger charge is 2.09. The molecule has 16 heavy (non-hydrogen) atoms. The largest absolute Gasteiger partial charge is 0.492 e. The minimum Gasteiger partial charge on any atom is -0.492 e. The van der Waals surface area contributed by atoms with Gasteiger partial charge in [0.2, 0.25) is 0 Å². The zero-order chi connectivity index (χ0) is 12.1. The van der Waals surface area contributed by atoms with E-state index in [9.17, 15) is 0 Å². The fourth-order valence-electron chi connectivity index (χ4n) is 1.45. The number of ether oxygens (including phenoxy) is 1. The predicted octanol–water partition coefficient (Wildman–Crippen LogP) is 3.00. The number of nitriles is 1. The van der Waals surface area contributed by atoms with Crippen molar-refractivity contribution in [2.75, 3.05) is 6.61 Å². The summed E-state index contributed by atoms with van der Waals surface area (Å²) in [5.74, 6) is 1.27. The van der Waals surface area contributed by atoms with Crippen molar-refractivity contribution in [3.63, 3.8) is 0 Å². The topological polar surface area (TPSA) is 45.9 Å². The minimum atomic E-state index is 0.550. The summed E-state index contributed by atoms with van der Waals surface area (Å²) in [6.45, 7) is 8.69. The van der Waals surface area contributed by atoms with Gasteiger partial charge in [0, 0.05) is 11.8 Å². The highest BCUT2D eigenvalue weighted by molar-refractivity contribution is 5.46. The quantitative estimate of drug-likeness (QED) is 0.780. The summed E-state index contributed by atoms with van der Waals surface area (Å²) in [4.78, 5) is 4.25. The Labute approximate surface area is 97.1 Å². The van der Waals surface area contributed by atoms with Gasteiger partial charge < -0.3 is 4.74 Å². The minimum absolute atomic E-state index is 0.550. The van der Waals surface area contributed by atoms with Crippen LogP contribution in [0.1, 0.15) is 37.2 Å². The SMILES string of the molecule is Cc1cc(OCCC(C)C)c(C#N)c(C)n1. The summed E-state index contributed by atoms with van der Waals surface area (Å²) in [6, 6.07) is 3.97. The van der Waals surface area contributed by atoms with E-state index in [2.05, 4.69) is 24.9 Å². The van der Waals surface area contributed by atoms with Crippen molar-refractivity contribution < 1.29 is 4.74 Å². The van der Waals surface area contributed by atoms with Crippen LogP contribution in [0.4, 0.5) is 0 Å². The second kappa shape index (κ2) is 5.50. The van der Waals surface area contributed by atoms with E-state index >= 15 is 0 Å². The molecule has 86 valence electrons. The molecule has 0 spiro atoms. The summed E-state index contributed by atoms with van der Waals surface area (Å²) in [5, 5.41) is 9.03. The van der Waals surface area contributed by atoms with Gasteiger partial charge in [0.15, 0.2) is 0 Å². The molecule has 0 saturated carbocycles. The molecule has 3 nitrogen and oxygen atoms in total. The van der Waals surface area contributed by atoms with Crippen LogP contribution >= 0.6 is 0 Å². The summed E-state index contributed by atoms with van der Waals surface area (Å²) in [6.07, 6.45) is 0.991. The van der Waals surface area contributed by atoms with Crippen molar-refractivity contribution in [2.24, 2.45) is 5.92 Å². The average Bonchev–Trinajstić information content (AvgIpc) is 2.16. The molecule has 0 atom stereocenters. The molecule has 3 heteroatoms. The van der Waals surface area contributed by atoms with Gasteiger partial charge in [0.05, 0.1) is 12.3 Å². The normalized spacial score (nSPS) is 10.2. The summed E-state index contributed by atoms with van der Waals surface area (Å²) in [5.41, 5.74) is 2.17. The Hall–Kier alpha value is -1.56. The van der Waals surface area contributed by atoms with Crippen LogP contribution in [0.25, 0.3) is 0 Å². The molecule has 0 fully saturated rings. The smallest absolute Gasteiger partial charge is 0.140 e. The van der Waals surface area contributed by atoms with Crippen molar-refractivity contribution in [2.45, 2.75) is 34.1 Å². The van der Waals surface area contributed by atoms with Crippen LogP contribution in [-0.4, -0.2) is 11.6 Å². The van der Waals surface area contributed by atoms with E-state index in [1.54, 1.807) is 0 Å². The molecule has 1 aromatic rings. The molecule has 0 amide bonds. The van der Waals surface area contributed by atoms with Gasteiger partial charge in [-0.1, -0.05) is 13.8 Å². The van der Waals surface area contributed by atoms with Gasteiger partial charge >= 0.3 is 0 Å². The number of aryl methyl sites for hydroxylation is 2. The Kier molecular flexibility index (Phi) is 4.30. The van der Waals surface area contributed by atoms with E-state index in [4.69, 9.17) is 10.00 Å². The van der Waals surface area contributed by atoms with Crippen molar-refractivity contribution in [3.8, 4) is 11.8 Å². The first kappa shape index (κ1) is 12.5. The molecule has 0 aromatic carbocycles. The lowest BCUT2D eigenvalue weighted by Crippen LogP contribution is -2.04. The molecule has 0 aliphatic carbocycles. The molecule has 0 saturated heterocycles. The van der Waals surface area contributed by atoms with E-state index in [-0.39, 0.29) is 0 Å². The first-order valence-corrected chi connectivity index (χ1v) is 5.55. The lowest BCUT2D eigenvalue weighted by Gasteiger charge is -2.11. The number of pyridine rings is 1. The molecule has 0 aliphatic heterocycles. The van der Waals surface area contributed by atoms with Crippen LogP contribution in [0.5, 0.6) is 5.75 Å². The van der Waals surface area contributed by atoms with Crippen LogP contribution < -0.4 is 4.74 Å². The molecule has 0 aliphatic rings. The second-order valence-corrected chi connectivity index (χ2v) is 4.36. The zero-order valence-corrected chi connectivity index (χ0v) is 10.4. The third-order valence-corrected chi connectivity index (χ3v) is 2.36. The Morgan fingerprint density at radius 2 is 2.12 bits per heavy atom. The third kappa shape index (κ3) is 3.23. The fourth-order valence-corrected chi connectivity index (χ4v) is 1.45. The number of rotatable bonds is 4. The van der Waals surface area contributed by atoms with Gasteiger partial charge in [-0.05, 0) is 26.2 Å². The lowest BCUT2D eigenvalue weighted by atomic mass is 10.1. The van der Waals surface area contributed by atoms with E-state index in [1.165, 1.54) is 0 Å². The van der Waals surface area contributed by atoms with E-state index in [1.807, 2.05) is 19.9 Å². The zero-order valence-electron chi connectivity index (χ0n) is 10.4. The van der Waals surface area contributed by atoms with Crippen molar-refractivity contribution in [3.05, 3.63) is 23.0 Å². The summed E-state index contributed by atoms with van der Waals surface area (Å²) in [7, 11) is 0. The molecule has 0 radical (unpaired) electrons. The standard InChI is InChI=1S/C13H18N2O/c1-9(2)5-6-16-13-7-10(3)15-11(4)12(13)8-14/h7,9H,5-6H2,1-4H3. The molecular formula is C13H18N2O. The molecule has 0 N–H and O–H groups in total. The average molecular weight is 218 g/mol. The Bertz CT molecular complexity index is 405. The van der Waals surface area contributed by atoms with E-state index in [0.717, 1.165) is 17.8 Å². The Balaban J connectivity index is 2.82. The molecule has 1 aromatic heterocycles. The van der Waals surface area contributed by atoms with Crippen LogP contribution in [0.3, 0.4) is 0 Å². The molecule has 1 heterocycles. The number of hydrogen-bond donors (Lipinski definition) is 0. The van der Waals surface area contributed by atoms with Gasteiger partial charge in [0.25, 0.3) is 0 Å². The highest BCUT2D eigenvalue weighted by Crippen LogP contribution is 2.21. The van der Waals surface area contributed by atoms with E-state index < -0.39 is 0 Å². The summed E-state index contributed by atoms with van der Waals surface area (Å²) < 4.78 is 5.64. The van der Waals surface area contributed by atoms with Crippen molar-refractivity contribution in [1.82, 2.24) is 4.98 Å². The maximum atomic E-state index is 9.03. The number of aromatic nitrogens is 1. The van der Waals surface area contributed by atoms with E-state index in [0.29, 0.717) is 23.8 Å². The molecule has 0 bridgehead atoms. The highest BCUT2D eigenvalue weighted by atomic mass is 16.5. The fraction of sp³-hybridized carbons (Fsp3) is 0.538. The monoisotopic (exact) mass is 218 g/mol. The molecular weight excluding hydrogens is 200 g/mol. The molecule has 1 rings (SSSR count). The number of nitrogens with zero attached hydrogens (tertiary/aromatic N) is 2. The summed E-state index contributed by atoms with van der Waals surface area (Å²) >= 11 is 0. The van der Waals surface area contributed by atoms with Gasteiger partial charge in [-0.25, -0.2) is 0 Å². The van der Waals surface area contributed by atoms with Crippen LogP contribution in [0.15, 0.2) is 6.07 Å². The third-order valence-electron chi connectivity index (χ3n) is 2.36. The predicted molar refractivity (Wildman–Crippen MR) is 63.4 cm³/mol. The van der Waals surface area contributed by atoms with Crippen molar-refractivity contribution in [1.29, 1.82) is 5.26 Å². The lowest BCUT2D eigenvalue weighted by molar-refractivity contribution is 0.288. The van der Waals surface area contributed by atoms with Crippen LogP contribution in [-0.2, 0) is 0 Å². The maximum Gasteiger partial charge on any atom is 0.140 e. The Morgan fingerprint density at radius 1 is 1.44 bits per heavy atom. The Morgan fingerprint density at radius 3 is 2.69 bits per heavy atom. The second-order valence-electron chi connectivity index (χ2n) is 4.36. The number of hydrogen-bond acceptors (Lipinski definition) is 3. The molecule has 0 unspecified atom stereocenters. The van der Waals surface area contributed by atoms with Gasteiger partial charge in [-0.2, -0.15) is 5.26 Å².